The van der Waals surface area contributed by atoms with Crippen LogP contribution in [0, 0.1) is 5.92 Å². The molecule has 1 amide bonds. The van der Waals surface area contributed by atoms with Crippen molar-refractivity contribution in [2.45, 2.75) is 71.6 Å². The van der Waals surface area contributed by atoms with Gasteiger partial charge in [-0.15, -0.1) is 6.58 Å². The van der Waals surface area contributed by atoms with Crippen LogP contribution in [0.2, 0.25) is 0 Å². The molecule has 0 saturated heterocycles. The van der Waals surface area contributed by atoms with E-state index in [1.54, 1.807) is 0 Å². The molecule has 120 valence electrons. The van der Waals surface area contributed by atoms with E-state index in [0.717, 1.165) is 24.8 Å². The van der Waals surface area contributed by atoms with Gasteiger partial charge in [0.25, 0.3) is 0 Å². The van der Waals surface area contributed by atoms with E-state index in [9.17, 15) is 4.79 Å². The second-order valence-corrected chi connectivity index (χ2v) is 6.07. The Morgan fingerprint density at radius 1 is 1.05 bits per heavy atom. The molecule has 21 heavy (non-hydrogen) atoms. The Labute approximate surface area is 131 Å². The zero-order valence-electron chi connectivity index (χ0n) is 13.9. The summed E-state index contributed by atoms with van der Waals surface area (Å²) in [5, 5.41) is 0. The molecular weight excluding hydrogens is 258 g/mol. The molecule has 0 fully saturated rings. The number of carbonyl (C=O) groups is 1. The van der Waals surface area contributed by atoms with Crippen molar-refractivity contribution < 1.29 is 4.79 Å². The molecule has 0 aliphatic rings. The molecule has 0 aliphatic heterocycles. The summed E-state index contributed by atoms with van der Waals surface area (Å²) in [7, 11) is 0. The van der Waals surface area contributed by atoms with Gasteiger partial charge in [0.2, 0.25) is 5.91 Å². The molecule has 0 spiro atoms. The summed E-state index contributed by atoms with van der Waals surface area (Å²) in [6.07, 6.45) is 18.7. The van der Waals surface area contributed by atoms with E-state index < -0.39 is 0 Å². The van der Waals surface area contributed by atoms with Gasteiger partial charge in [-0.1, -0.05) is 63.8 Å². The van der Waals surface area contributed by atoms with Crippen molar-refractivity contribution in [1.82, 2.24) is 0 Å². The average Bonchev–Trinajstić information content (AvgIpc) is 2.42. The lowest BCUT2D eigenvalue weighted by molar-refractivity contribution is -0.114. The molecule has 2 heteroatoms. The van der Waals surface area contributed by atoms with Gasteiger partial charge in [-0.25, -0.2) is 0 Å². The summed E-state index contributed by atoms with van der Waals surface area (Å²) in [6.45, 7) is 7.92. The van der Waals surface area contributed by atoms with Crippen LogP contribution in [-0.2, 0) is 4.79 Å². The minimum absolute atomic E-state index is 0.298. The van der Waals surface area contributed by atoms with E-state index in [2.05, 4.69) is 26.5 Å². The number of nitrogens with two attached hydrogens (primary N) is 1. The maximum atomic E-state index is 11.3. The summed E-state index contributed by atoms with van der Waals surface area (Å²) in [6, 6.07) is 0. The molecule has 0 heterocycles. The largest absolute Gasteiger partial charge is 0.366 e. The van der Waals surface area contributed by atoms with Gasteiger partial charge >= 0.3 is 0 Å². The number of unbranched alkanes of at least 4 members (excludes halogenated alkanes) is 7. The fraction of sp³-hybridized carbons (Fsp3) is 0.632. The summed E-state index contributed by atoms with van der Waals surface area (Å²) in [4.78, 5) is 11.3. The lowest BCUT2D eigenvalue weighted by atomic mass is 10.0. The predicted octanol–water partition coefficient (Wildman–Crippen LogP) is 5.31. The minimum Gasteiger partial charge on any atom is -0.366 e. The van der Waals surface area contributed by atoms with Crippen LogP contribution in [0.5, 0.6) is 0 Å². The molecule has 0 unspecified atom stereocenters. The number of allylic oxidation sites excluding steroid dienone is 4. The molecule has 0 saturated carbocycles. The number of amides is 1. The summed E-state index contributed by atoms with van der Waals surface area (Å²) in [5.41, 5.74) is 6.09. The zero-order chi connectivity index (χ0) is 15.9. The third kappa shape index (κ3) is 13.4. The number of rotatable bonds is 13. The number of hydrogen-bond donors (Lipinski definition) is 1. The zero-order valence-corrected chi connectivity index (χ0v) is 13.9. The van der Waals surface area contributed by atoms with Gasteiger partial charge in [0.05, 0.1) is 0 Å². The van der Waals surface area contributed by atoms with E-state index in [1.807, 2.05) is 18.2 Å². The van der Waals surface area contributed by atoms with Gasteiger partial charge in [-0.05, 0) is 38.0 Å². The molecule has 0 aromatic heterocycles. The normalized spacial score (nSPS) is 12.2. The Balaban J connectivity index is 3.70. The SMILES string of the molecule is C=CCCCCCCCCC=CC=C(CC(C)C)C(N)=O. The van der Waals surface area contributed by atoms with E-state index in [-0.39, 0.29) is 5.91 Å². The highest BCUT2D eigenvalue weighted by Crippen LogP contribution is 2.11. The summed E-state index contributed by atoms with van der Waals surface area (Å²) in [5.74, 6) is 0.158. The van der Waals surface area contributed by atoms with Gasteiger partial charge in [-0.2, -0.15) is 0 Å². The molecule has 0 rings (SSSR count). The third-order valence-corrected chi connectivity index (χ3v) is 3.41. The topological polar surface area (TPSA) is 43.1 Å². The fourth-order valence-electron chi connectivity index (χ4n) is 2.23. The van der Waals surface area contributed by atoms with Crippen LogP contribution in [-0.4, -0.2) is 5.91 Å². The van der Waals surface area contributed by atoms with Crippen molar-refractivity contribution >= 4 is 5.91 Å². The Morgan fingerprint density at radius 2 is 1.62 bits per heavy atom. The molecule has 0 aromatic rings. The minimum atomic E-state index is -0.298. The maximum absolute atomic E-state index is 11.3. The summed E-state index contributed by atoms with van der Waals surface area (Å²) < 4.78 is 0. The Bertz CT molecular complexity index is 339. The van der Waals surface area contributed by atoms with Crippen LogP contribution in [0.4, 0.5) is 0 Å². The highest BCUT2D eigenvalue weighted by atomic mass is 16.1. The van der Waals surface area contributed by atoms with Crippen LogP contribution in [0.25, 0.3) is 0 Å². The van der Waals surface area contributed by atoms with Crippen molar-refractivity contribution in [3.8, 4) is 0 Å². The Hall–Kier alpha value is -1.31. The Kier molecular flexibility index (Phi) is 12.8. The average molecular weight is 291 g/mol. The third-order valence-electron chi connectivity index (χ3n) is 3.41. The van der Waals surface area contributed by atoms with Gasteiger partial charge in [0, 0.05) is 5.57 Å². The van der Waals surface area contributed by atoms with Gasteiger partial charge < -0.3 is 5.73 Å². The van der Waals surface area contributed by atoms with Gasteiger partial charge in [0.15, 0.2) is 0 Å². The van der Waals surface area contributed by atoms with Crippen molar-refractivity contribution in [1.29, 1.82) is 0 Å². The molecule has 0 bridgehead atoms. The highest BCUT2D eigenvalue weighted by Gasteiger charge is 2.05. The standard InChI is InChI=1S/C19H33NO/c1-4-5-6-7-8-9-10-11-12-13-14-15-18(19(20)21)16-17(2)3/h4,13-15,17H,1,5-12,16H2,2-3H3,(H2,20,21). The first-order chi connectivity index (χ1) is 10.1. The van der Waals surface area contributed by atoms with Crippen LogP contribution in [0.1, 0.15) is 71.6 Å². The summed E-state index contributed by atoms with van der Waals surface area (Å²) >= 11 is 0. The smallest absolute Gasteiger partial charge is 0.244 e. The number of primary amides is 1. The van der Waals surface area contributed by atoms with Crippen molar-refractivity contribution in [2.24, 2.45) is 11.7 Å². The predicted molar refractivity (Wildman–Crippen MR) is 93.0 cm³/mol. The first kappa shape index (κ1) is 19.7. The lowest BCUT2D eigenvalue weighted by Crippen LogP contribution is -2.15. The quantitative estimate of drug-likeness (QED) is 0.212. The van der Waals surface area contributed by atoms with E-state index in [1.165, 1.54) is 38.5 Å². The van der Waals surface area contributed by atoms with Crippen LogP contribution in [0.15, 0.2) is 36.5 Å². The lowest BCUT2D eigenvalue weighted by Gasteiger charge is -2.05. The maximum Gasteiger partial charge on any atom is 0.244 e. The first-order valence-electron chi connectivity index (χ1n) is 8.34. The molecular formula is C19H33NO. The van der Waals surface area contributed by atoms with E-state index >= 15 is 0 Å². The molecule has 0 radical (unpaired) electrons. The van der Waals surface area contributed by atoms with E-state index in [0.29, 0.717) is 5.92 Å². The molecule has 2 N–H and O–H groups in total. The number of carbonyl (C=O) groups excluding carboxylic acids is 1. The first-order valence-corrected chi connectivity index (χ1v) is 8.34. The monoisotopic (exact) mass is 291 g/mol. The molecule has 0 atom stereocenters. The molecule has 0 aromatic carbocycles. The van der Waals surface area contributed by atoms with Crippen LogP contribution >= 0.6 is 0 Å². The van der Waals surface area contributed by atoms with Crippen LogP contribution in [0.3, 0.4) is 0 Å². The second-order valence-electron chi connectivity index (χ2n) is 6.07. The Morgan fingerprint density at radius 3 is 2.14 bits per heavy atom. The number of hydrogen-bond acceptors (Lipinski definition) is 1. The van der Waals surface area contributed by atoms with Gasteiger partial charge in [0.1, 0.15) is 0 Å². The van der Waals surface area contributed by atoms with Crippen molar-refractivity contribution in [3.05, 3.63) is 36.5 Å². The van der Waals surface area contributed by atoms with Crippen molar-refractivity contribution in [2.75, 3.05) is 0 Å². The molecule has 0 aliphatic carbocycles. The van der Waals surface area contributed by atoms with Gasteiger partial charge in [-0.3, -0.25) is 4.79 Å². The second kappa shape index (κ2) is 13.7. The van der Waals surface area contributed by atoms with E-state index in [4.69, 9.17) is 5.73 Å². The van der Waals surface area contributed by atoms with Crippen molar-refractivity contribution in [3.63, 3.8) is 0 Å². The fourth-order valence-corrected chi connectivity index (χ4v) is 2.23. The molecule has 2 nitrogen and oxygen atoms in total. The highest BCUT2D eigenvalue weighted by molar-refractivity contribution is 5.92. The van der Waals surface area contributed by atoms with Crippen LogP contribution < -0.4 is 5.73 Å².